The van der Waals surface area contributed by atoms with E-state index in [0.29, 0.717) is 17.1 Å². The summed E-state index contributed by atoms with van der Waals surface area (Å²) >= 11 is 0. The fourth-order valence-corrected chi connectivity index (χ4v) is 1.94. The molecule has 2 heterocycles. The van der Waals surface area contributed by atoms with Crippen molar-refractivity contribution in [1.82, 2.24) is 15.0 Å². The van der Waals surface area contributed by atoms with Gasteiger partial charge in [0, 0.05) is 32.6 Å². The lowest BCUT2D eigenvalue weighted by molar-refractivity contribution is -0.137. The van der Waals surface area contributed by atoms with Gasteiger partial charge in [-0.05, 0) is 12.8 Å². The van der Waals surface area contributed by atoms with Gasteiger partial charge in [-0.25, -0.2) is 15.0 Å². The lowest BCUT2D eigenvalue weighted by Gasteiger charge is -2.15. The monoisotopic (exact) mass is 396 g/mol. The van der Waals surface area contributed by atoms with E-state index in [9.17, 15) is 13.2 Å². The molecule has 2 aromatic rings. The van der Waals surface area contributed by atoms with Gasteiger partial charge in [-0.2, -0.15) is 13.2 Å². The van der Waals surface area contributed by atoms with Gasteiger partial charge in [0.25, 0.3) is 0 Å². The normalized spacial score (nSPS) is 11.7. The van der Waals surface area contributed by atoms with E-state index in [4.69, 9.17) is 0 Å². The van der Waals surface area contributed by atoms with Crippen molar-refractivity contribution in [3.8, 4) is 0 Å². The molecule has 6 nitrogen and oxygen atoms in total. The summed E-state index contributed by atoms with van der Waals surface area (Å²) in [5.74, 6) is 1.53. The Morgan fingerprint density at radius 1 is 1.21 bits per heavy atom. The molecule has 0 unspecified atom stereocenters. The van der Waals surface area contributed by atoms with Gasteiger partial charge in [0.1, 0.15) is 18.0 Å². The number of nitrogens with zero attached hydrogens (tertiary/aromatic N) is 4. The van der Waals surface area contributed by atoms with E-state index in [-0.39, 0.29) is 11.5 Å². The highest BCUT2D eigenvalue weighted by Gasteiger charge is 2.34. The molecule has 0 aromatic carbocycles. The van der Waals surface area contributed by atoms with Crippen molar-refractivity contribution in [1.29, 1.82) is 0 Å². The van der Waals surface area contributed by atoms with Crippen LogP contribution in [0.25, 0.3) is 0 Å². The molecule has 0 bridgehead atoms. The number of halogens is 3. The van der Waals surface area contributed by atoms with E-state index in [1.165, 1.54) is 25.9 Å². The first-order valence-electron chi connectivity index (χ1n) is 8.89. The summed E-state index contributed by atoms with van der Waals surface area (Å²) in [5, 5.41) is 5.41. The molecule has 0 saturated carbocycles. The molecular formula is C19H27F3N6. The quantitative estimate of drug-likeness (QED) is 0.575. The van der Waals surface area contributed by atoms with Crippen LogP contribution in [0, 0.1) is 12.8 Å². The highest BCUT2D eigenvalue weighted by atomic mass is 19.4. The molecule has 28 heavy (non-hydrogen) atoms. The Labute approximate surface area is 163 Å². The van der Waals surface area contributed by atoms with Crippen molar-refractivity contribution in [3.05, 3.63) is 41.6 Å². The molecule has 2 aromatic heterocycles. The largest absolute Gasteiger partial charge is 0.419 e. The molecular weight excluding hydrogens is 369 g/mol. The first kappa shape index (κ1) is 23.3. The fraction of sp³-hybridized carbons (Fsp3) is 0.474. The Bertz CT molecular complexity index is 787. The third-order valence-corrected chi connectivity index (χ3v) is 3.93. The lowest BCUT2D eigenvalue weighted by atomic mass is 10.2. The van der Waals surface area contributed by atoms with Crippen LogP contribution < -0.4 is 10.6 Å². The number of rotatable bonds is 4. The van der Waals surface area contributed by atoms with E-state index in [1.807, 2.05) is 0 Å². The Kier molecular flexibility index (Phi) is 8.81. The predicted molar refractivity (Wildman–Crippen MR) is 107 cm³/mol. The SMILES string of the molecule is CCC(C)C.CN=C(Nc1cc(NC)c(C(F)(F)F)cn1)c1cncnc1C. The van der Waals surface area contributed by atoms with Crippen molar-refractivity contribution < 1.29 is 13.2 Å². The minimum Gasteiger partial charge on any atom is -0.387 e. The van der Waals surface area contributed by atoms with Crippen LogP contribution >= 0.6 is 0 Å². The molecule has 0 radical (unpaired) electrons. The van der Waals surface area contributed by atoms with Crippen LogP contribution in [0.4, 0.5) is 24.7 Å². The van der Waals surface area contributed by atoms with Gasteiger partial charge in [-0.15, -0.1) is 0 Å². The first-order valence-corrected chi connectivity index (χ1v) is 8.89. The summed E-state index contributed by atoms with van der Waals surface area (Å²) in [7, 11) is 2.97. The van der Waals surface area contributed by atoms with E-state index in [2.05, 4.69) is 51.3 Å². The van der Waals surface area contributed by atoms with Crippen LogP contribution in [-0.2, 0) is 6.18 Å². The van der Waals surface area contributed by atoms with Gasteiger partial charge in [0.05, 0.1) is 22.5 Å². The zero-order valence-electron chi connectivity index (χ0n) is 17.0. The predicted octanol–water partition coefficient (Wildman–Crippen LogP) is 4.78. The number of aliphatic imine (C=N–C) groups is 1. The van der Waals surface area contributed by atoms with Crippen LogP contribution in [0.1, 0.15) is 44.0 Å². The Morgan fingerprint density at radius 2 is 1.86 bits per heavy atom. The number of pyridine rings is 1. The molecule has 154 valence electrons. The van der Waals surface area contributed by atoms with Gasteiger partial charge in [0.15, 0.2) is 0 Å². The number of hydrogen-bond acceptors (Lipinski definition) is 5. The molecule has 0 spiro atoms. The third-order valence-electron chi connectivity index (χ3n) is 3.93. The topological polar surface area (TPSA) is 75.1 Å². The molecule has 2 rings (SSSR count). The number of anilines is 2. The van der Waals surface area contributed by atoms with Crippen molar-refractivity contribution in [2.24, 2.45) is 10.9 Å². The summed E-state index contributed by atoms with van der Waals surface area (Å²) < 4.78 is 38.6. The number of nitrogens with one attached hydrogen (secondary N) is 2. The highest BCUT2D eigenvalue weighted by molar-refractivity contribution is 6.08. The molecule has 0 aliphatic rings. The fourth-order valence-electron chi connectivity index (χ4n) is 1.94. The molecule has 0 fully saturated rings. The van der Waals surface area contributed by atoms with Gasteiger partial charge in [-0.3, -0.25) is 4.99 Å². The van der Waals surface area contributed by atoms with Gasteiger partial charge >= 0.3 is 6.18 Å². The first-order chi connectivity index (χ1) is 13.1. The molecule has 0 amide bonds. The van der Waals surface area contributed by atoms with E-state index in [0.717, 1.165) is 12.1 Å². The summed E-state index contributed by atoms with van der Waals surface area (Å²) in [5.41, 5.74) is 0.419. The summed E-state index contributed by atoms with van der Waals surface area (Å²) in [6, 6.07) is 1.27. The molecule has 0 aliphatic heterocycles. The van der Waals surface area contributed by atoms with Crippen molar-refractivity contribution in [2.45, 2.75) is 40.3 Å². The lowest BCUT2D eigenvalue weighted by Crippen LogP contribution is -2.18. The molecule has 0 atom stereocenters. The average Bonchev–Trinajstić information content (AvgIpc) is 2.66. The van der Waals surface area contributed by atoms with Crippen LogP contribution in [0.5, 0.6) is 0 Å². The second-order valence-corrected chi connectivity index (χ2v) is 6.38. The van der Waals surface area contributed by atoms with E-state index in [1.54, 1.807) is 20.2 Å². The Balaban J connectivity index is 0.000000696. The number of hydrogen-bond donors (Lipinski definition) is 2. The summed E-state index contributed by atoms with van der Waals surface area (Å²) in [6.45, 7) is 8.42. The van der Waals surface area contributed by atoms with Gasteiger partial charge < -0.3 is 10.6 Å². The Morgan fingerprint density at radius 3 is 2.32 bits per heavy atom. The summed E-state index contributed by atoms with van der Waals surface area (Å²) in [4.78, 5) is 15.9. The minimum absolute atomic E-state index is 0.0773. The third kappa shape index (κ3) is 6.79. The van der Waals surface area contributed by atoms with Crippen LogP contribution in [-0.4, -0.2) is 34.9 Å². The second-order valence-electron chi connectivity index (χ2n) is 6.38. The number of aryl methyl sites for hydroxylation is 1. The number of alkyl halides is 3. The number of amidine groups is 1. The second kappa shape index (κ2) is 10.6. The van der Waals surface area contributed by atoms with Crippen LogP contribution in [0.3, 0.4) is 0 Å². The maximum absolute atomic E-state index is 12.9. The summed E-state index contributed by atoms with van der Waals surface area (Å²) in [6.07, 6.45) is 0.577. The van der Waals surface area contributed by atoms with E-state index < -0.39 is 11.7 Å². The maximum Gasteiger partial charge on any atom is 0.419 e. The smallest absolute Gasteiger partial charge is 0.387 e. The highest BCUT2D eigenvalue weighted by Crippen LogP contribution is 2.35. The average molecular weight is 396 g/mol. The van der Waals surface area contributed by atoms with Gasteiger partial charge in [0.2, 0.25) is 0 Å². The molecule has 0 aliphatic carbocycles. The molecule has 9 heteroatoms. The molecule has 2 N–H and O–H groups in total. The van der Waals surface area contributed by atoms with Crippen LogP contribution in [0.15, 0.2) is 29.8 Å². The Hall–Kier alpha value is -2.71. The standard InChI is InChI=1S/C14H15F3N6.C5H12/c1-8-9(5-20-7-22-8)13(19-3)23-12-4-11(18-2)10(6-21-12)14(15,16)17;1-4-5(2)3/h4-7H,1-3H3,(H2,18,19,21,23);5H,4H2,1-3H3. The van der Waals surface area contributed by atoms with E-state index >= 15 is 0 Å². The van der Waals surface area contributed by atoms with Crippen molar-refractivity contribution >= 4 is 17.3 Å². The maximum atomic E-state index is 12.9. The van der Waals surface area contributed by atoms with Crippen LogP contribution in [0.2, 0.25) is 0 Å². The van der Waals surface area contributed by atoms with Crippen molar-refractivity contribution in [3.63, 3.8) is 0 Å². The van der Waals surface area contributed by atoms with Crippen molar-refractivity contribution in [2.75, 3.05) is 24.7 Å². The van der Waals surface area contributed by atoms with Gasteiger partial charge in [-0.1, -0.05) is 27.2 Å². The zero-order chi connectivity index (χ0) is 21.3. The zero-order valence-corrected chi connectivity index (χ0v) is 17.0. The molecule has 0 saturated heterocycles. The number of aromatic nitrogens is 3. The minimum atomic E-state index is -4.48.